The second kappa shape index (κ2) is 70.8. The van der Waals surface area contributed by atoms with Gasteiger partial charge in [0.2, 0.25) is 0 Å². The van der Waals surface area contributed by atoms with Crippen molar-refractivity contribution in [3.8, 4) is 0 Å². The van der Waals surface area contributed by atoms with Gasteiger partial charge in [0.15, 0.2) is 12.2 Å². The lowest BCUT2D eigenvalue weighted by Crippen LogP contribution is -2.30. The van der Waals surface area contributed by atoms with Crippen molar-refractivity contribution in [3.05, 3.63) is 24.3 Å². The van der Waals surface area contributed by atoms with Gasteiger partial charge in [-0.05, 0) is 69.1 Å². The van der Waals surface area contributed by atoms with Crippen LogP contribution >= 0.6 is 15.6 Å². The standard InChI is InChI=1S/C81H154O17P2/c1-8-11-12-13-14-15-16-17-22-26-29-36-41-50-57-65-81(86)98-77(69-92-79(84)63-56-49-44-43-47-54-61-74(7)10-3)71-96-100(89,90)94-67-75(82)66-93-99(87,88)95-70-76(68-91-78(83)62-55-48-40-35-32-31-33-38-45-52-59-72(4)5)97-80(85)64-58-51-42-37-30-27-24-21-19-18-20-23-25-28-34-39-46-53-60-73(6)9-2/h15-17,22,72-77,82H,8-14,18-21,23-71H2,1-7H3,(H,87,88)(H,89,90)/b16-15-,22-17-/t73?,74?,75-,76-,77-/m1/s1. The Kier molecular flexibility index (Phi) is 69.1. The molecule has 0 bridgehead atoms. The van der Waals surface area contributed by atoms with E-state index in [4.69, 9.17) is 37.0 Å². The molecule has 0 aromatic carbocycles. The van der Waals surface area contributed by atoms with Crippen molar-refractivity contribution in [2.75, 3.05) is 39.6 Å². The maximum Gasteiger partial charge on any atom is 0.472 e. The Labute approximate surface area is 612 Å². The van der Waals surface area contributed by atoms with Crippen LogP contribution in [0.1, 0.15) is 395 Å². The number of hydrogen-bond acceptors (Lipinski definition) is 15. The average Bonchev–Trinajstić information content (AvgIpc) is 0.928. The van der Waals surface area contributed by atoms with E-state index in [2.05, 4.69) is 72.8 Å². The largest absolute Gasteiger partial charge is 0.472 e. The predicted octanol–water partition coefficient (Wildman–Crippen LogP) is 23.7. The van der Waals surface area contributed by atoms with Gasteiger partial charge in [-0.3, -0.25) is 37.3 Å². The van der Waals surface area contributed by atoms with Crippen LogP contribution in [0.3, 0.4) is 0 Å². The van der Waals surface area contributed by atoms with Crippen molar-refractivity contribution in [1.82, 2.24) is 0 Å². The zero-order valence-corrected chi connectivity index (χ0v) is 66.9. The molecule has 7 atom stereocenters. The number of carbonyl (C=O) groups excluding carboxylic acids is 4. The van der Waals surface area contributed by atoms with E-state index in [1.54, 1.807) is 0 Å². The van der Waals surface area contributed by atoms with E-state index >= 15 is 0 Å². The number of esters is 4. The van der Waals surface area contributed by atoms with Crippen LogP contribution in [-0.2, 0) is 65.4 Å². The third-order valence-corrected chi connectivity index (χ3v) is 20.9. The van der Waals surface area contributed by atoms with Gasteiger partial charge < -0.3 is 33.8 Å². The van der Waals surface area contributed by atoms with E-state index < -0.39 is 97.5 Å². The van der Waals surface area contributed by atoms with Gasteiger partial charge in [-0.2, -0.15) is 0 Å². The van der Waals surface area contributed by atoms with E-state index in [1.165, 1.54) is 186 Å². The molecular formula is C81H154O17P2. The highest BCUT2D eigenvalue weighted by atomic mass is 31.2. The number of carbonyl (C=O) groups is 4. The highest BCUT2D eigenvalue weighted by molar-refractivity contribution is 7.47. The fraction of sp³-hybridized carbons (Fsp3) is 0.901. The van der Waals surface area contributed by atoms with Crippen LogP contribution in [-0.4, -0.2) is 96.7 Å². The molecular weight excluding hydrogens is 1310 g/mol. The first kappa shape index (κ1) is 97.5. The molecule has 0 aliphatic carbocycles. The monoisotopic (exact) mass is 1460 g/mol. The highest BCUT2D eigenvalue weighted by Gasteiger charge is 2.30. The lowest BCUT2D eigenvalue weighted by atomic mass is 9.99. The second-order valence-electron chi connectivity index (χ2n) is 29.4. The first-order valence-corrected chi connectivity index (χ1v) is 44.2. The molecule has 4 unspecified atom stereocenters. The third-order valence-electron chi connectivity index (χ3n) is 19.0. The van der Waals surface area contributed by atoms with Crippen LogP contribution < -0.4 is 0 Å². The molecule has 0 aromatic heterocycles. The number of phosphoric ester groups is 2. The Morgan fingerprint density at radius 1 is 0.330 bits per heavy atom. The highest BCUT2D eigenvalue weighted by Crippen LogP contribution is 2.45. The van der Waals surface area contributed by atoms with Crippen molar-refractivity contribution in [3.63, 3.8) is 0 Å². The van der Waals surface area contributed by atoms with E-state index in [1.807, 2.05) is 0 Å². The molecule has 0 aromatic rings. The summed E-state index contributed by atoms with van der Waals surface area (Å²) in [4.78, 5) is 72.9. The van der Waals surface area contributed by atoms with Gasteiger partial charge in [0.25, 0.3) is 0 Å². The van der Waals surface area contributed by atoms with Gasteiger partial charge in [-0.15, -0.1) is 0 Å². The molecule has 0 heterocycles. The van der Waals surface area contributed by atoms with Crippen LogP contribution in [0.15, 0.2) is 24.3 Å². The van der Waals surface area contributed by atoms with Crippen LogP contribution in [0.2, 0.25) is 0 Å². The number of phosphoric acid groups is 2. The fourth-order valence-corrected chi connectivity index (χ4v) is 13.5. The van der Waals surface area contributed by atoms with E-state index in [9.17, 15) is 43.2 Å². The van der Waals surface area contributed by atoms with Gasteiger partial charge in [0, 0.05) is 25.7 Å². The Morgan fingerprint density at radius 2 is 0.590 bits per heavy atom. The minimum Gasteiger partial charge on any atom is -0.462 e. The maximum absolute atomic E-state index is 13.1. The van der Waals surface area contributed by atoms with Crippen LogP contribution in [0.4, 0.5) is 0 Å². The number of aliphatic hydroxyl groups is 1. The summed E-state index contributed by atoms with van der Waals surface area (Å²) in [6.07, 6.45) is 61.9. The Morgan fingerprint density at radius 3 is 0.890 bits per heavy atom. The van der Waals surface area contributed by atoms with Crippen molar-refractivity contribution in [2.45, 2.75) is 414 Å². The van der Waals surface area contributed by atoms with Crippen molar-refractivity contribution < 1.29 is 80.2 Å². The molecule has 19 heteroatoms. The van der Waals surface area contributed by atoms with Gasteiger partial charge >= 0.3 is 39.5 Å². The quantitative estimate of drug-likeness (QED) is 0.0169. The summed E-state index contributed by atoms with van der Waals surface area (Å²) in [5, 5.41) is 10.6. The molecule has 0 saturated carbocycles. The lowest BCUT2D eigenvalue weighted by molar-refractivity contribution is -0.161. The van der Waals surface area contributed by atoms with Gasteiger partial charge in [-0.25, -0.2) is 9.13 Å². The Hall–Kier alpha value is -2.46. The fourth-order valence-electron chi connectivity index (χ4n) is 11.9. The maximum atomic E-state index is 13.1. The smallest absolute Gasteiger partial charge is 0.462 e. The molecule has 0 fully saturated rings. The zero-order valence-electron chi connectivity index (χ0n) is 65.2. The zero-order chi connectivity index (χ0) is 73.7. The summed E-state index contributed by atoms with van der Waals surface area (Å²) in [5.41, 5.74) is 0. The third kappa shape index (κ3) is 71.2. The van der Waals surface area contributed by atoms with Crippen molar-refractivity contribution in [1.29, 1.82) is 0 Å². The number of unbranched alkanes of at least 4 members (excludes halogenated alkanes) is 40. The summed E-state index contributed by atoms with van der Waals surface area (Å²) in [7, 11) is -9.93. The molecule has 590 valence electrons. The molecule has 100 heavy (non-hydrogen) atoms. The molecule has 0 radical (unpaired) electrons. The lowest BCUT2D eigenvalue weighted by Gasteiger charge is -2.21. The SMILES string of the molecule is CCCCCC/C=C\C=C/CCCCCCCC(=O)O[C@H](COC(=O)CCCCCCCCC(C)CC)COP(=O)(O)OC[C@H](O)COP(=O)(O)OC[C@@H](COC(=O)CCCCCCCCCCCCC(C)C)OC(=O)CCCCCCCCCCCCCCCCCCCCC(C)CC. The molecule has 17 nitrogen and oxygen atoms in total. The first-order valence-electron chi connectivity index (χ1n) is 41.2. The summed E-state index contributed by atoms with van der Waals surface area (Å²) >= 11 is 0. The number of aliphatic hydroxyl groups excluding tert-OH is 1. The molecule has 0 spiro atoms. The normalized spacial score (nSPS) is 14.7. The molecule has 0 rings (SSSR count). The molecule has 3 N–H and O–H groups in total. The summed E-state index contributed by atoms with van der Waals surface area (Å²) in [6.45, 7) is 11.9. The van der Waals surface area contributed by atoms with E-state index in [0.717, 1.165) is 127 Å². The van der Waals surface area contributed by atoms with Gasteiger partial charge in [0.1, 0.15) is 19.3 Å². The van der Waals surface area contributed by atoms with Gasteiger partial charge in [-0.1, -0.05) is 342 Å². The number of allylic oxidation sites excluding steroid dienone is 4. The van der Waals surface area contributed by atoms with Crippen LogP contribution in [0, 0.1) is 17.8 Å². The summed E-state index contributed by atoms with van der Waals surface area (Å²) < 4.78 is 68.6. The van der Waals surface area contributed by atoms with Crippen LogP contribution in [0.5, 0.6) is 0 Å². The van der Waals surface area contributed by atoms with E-state index in [-0.39, 0.29) is 25.7 Å². The number of hydrogen-bond donors (Lipinski definition) is 3. The molecule has 0 saturated heterocycles. The Balaban J connectivity index is 5.24. The predicted molar refractivity (Wildman–Crippen MR) is 409 cm³/mol. The van der Waals surface area contributed by atoms with Crippen molar-refractivity contribution >= 4 is 39.5 Å². The minimum atomic E-state index is -4.97. The first-order chi connectivity index (χ1) is 48.3. The van der Waals surface area contributed by atoms with Gasteiger partial charge in [0.05, 0.1) is 26.4 Å². The second-order valence-corrected chi connectivity index (χ2v) is 32.3. The Bertz CT molecular complexity index is 2040. The topological polar surface area (TPSA) is 237 Å². The summed E-state index contributed by atoms with van der Waals surface area (Å²) in [6, 6.07) is 0. The number of ether oxygens (including phenoxy) is 4. The van der Waals surface area contributed by atoms with Crippen molar-refractivity contribution in [2.24, 2.45) is 17.8 Å². The summed E-state index contributed by atoms with van der Waals surface area (Å²) in [5.74, 6) is 0.210. The molecule has 0 amide bonds. The minimum absolute atomic E-state index is 0.0840. The average molecular weight is 1460 g/mol. The number of rotatable bonds is 77. The molecule has 0 aliphatic heterocycles. The van der Waals surface area contributed by atoms with E-state index in [0.29, 0.717) is 25.7 Å². The van der Waals surface area contributed by atoms with Crippen LogP contribution in [0.25, 0.3) is 0 Å². The molecule has 0 aliphatic rings.